The van der Waals surface area contributed by atoms with Gasteiger partial charge in [0.1, 0.15) is 0 Å². The van der Waals surface area contributed by atoms with E-state index in [1.165, 1.54) is 43.1 Å². The Bertz CT molecular complexity index is 1160. The van der Waals surface area contributed by atoms with Crippen LogP contribution in [0.4, 0.5) is 5.69 Å². The minimum atomic E-state index is 0.282. The lowest BCUT2D eigenvalue weighted by Gasteiger charge is -2.34. The average molecular weight is 469 g/mol. The zero-order valence-electron chi connectivity index (χ0n) is 20.6. The van der Waals surface area contributed by atoms with Crippen molar-refractivity contribution < 1.29 is 4.79 Å². The maximum absolute atomic E-state index is 13.3. The molecule has 2 fully saturated rings. The number of benzene rings is 2. The van der Waals surface area contributed by atoms with Crippen LogP contribution in [-0.2, 0) is 4.79 Å². The number of nitrogens with one attached hydrogen (secondary N) is 1. The molecule has 35 heavy (non-hydrogen) atoms. The van der Waals surface area contributed by atoms with Gasteiger partial charge in [0.2, 0.25) is 5.91 Å². The van der Waals surface area contributed by atoms with Crippen molar-refractivity contribution in [3.63, 3.8) is 0 Å². The van der Waals surface area contributed by atoms with E-state index in [2.05, 4.69) is 34.3 Å². The number of anilines is 1. The summed E-state index contributed by atoms with van der Waals surface area (Å²) < 4.78 is 0. The fourth-order valence-electron chi connectivity index (χ4n) is 6.01. The van der Waals surface area contributed by atoms with Gasteiger partial charge in [0.05, 0.1) is 11.6 Å². The van der Waals surface area contributed by atoms with E-state index in [1.54, 1.807) is 0 Å². The Morgan fingerprint density at radius 2 is 1.80 bits per heavy atom. The van der Waals surface area contributed by atoms with Gasteiger partial charge in [-0.2, -0.15) is 5.26 Å². The average Bonchev–Trinajstić information content (AvgIpc) is 3.33. The third-order valence-electron chi connectivity index (χ3n) is 8.07. The van der Waals surface area contributed by atoms with Crippen molar-refractivity contribution in [1.29, 1.82) is 5.26 Å². The molecule has 3 aromatic rings. The van der Waals surface area contributed by atoms with Crippen LogP contribution in [0, 0.1) is 17.2 Å². The molecule has 1 amide bonds. The number of nitrogens with zero attached hydrogens (tertiary/aromatic N) is 3. The van der Waals surface area contributed by atoms with Crippen molar-refractivity contribution in [2.24, 2.45) is 5.92 Å². The number of hydrogen-bond acceptors (Lipinski definition) is 3. The number of carbonyl (C=O) groups is 1. The van der Waals surface area contributed by atoms with E-state index < -0.39 is 0 Å². The van der Waals surface area contributed by atoms with Crippen LogP contribution in [0.1, 0.15) is 68.4 Å². The van der Waals surface area contributed by atoms with Gasteiger partial charge in [0, 0.05) is 42.3 Å². The molecule has 1 aliphatic carbocycles. The second kappa shape index (κ2) is 11.1. The minimum Gasteiger partial charge on any atom is -0.361 e. The van der Waals surface area contributed by atoms with Crippen molar-refractivity contribution in [3.8, 4) is 6.07 Å². The number of H-pyrrole nitrogens is 1. The highest BCUT2D eigenvalue weighted by atomic mass is 16.2. The molecule has 0 atom stereocenters. The molecule has 2 aliphatic rings. The Kier molecular flexibility index (Phi) is 7.49. The van der Waals surface area contributed by atoms with Crippen molar-refractivity contribution in [3.05, 3.63) is 65.9 Å². The highest BCUT2D eigenvalue weighted by Crippen LogP contribution is 2.34. The normalized spacial score (nSPS) is 17.9. The van der Waals surface area contributed by atoms with Crippen LogP contribution >= 0.6 is 0 Å². The monoisotopic (exact) mass is 468 g/mol. The van der Waals surface area contributed by atoms with E-state index in [0.717, 1.165) is 55.8 Å². The third-order valence-corrected chi connectivity index (χ3v) is 8.07. The molecular formula is C30H36N4O. The fourth-order valence-corrected chi connectivity index (χ4v) is 6.01. The van der Waals surface area contributed by atoms with Crippen LogP contribution in [0.2, 0.25) is 0 Å². The molecule has 0 unspecified atom stereocenters. The SMILES string of the molecule is N#Cc1ccc2[nH]cc(C3CCN(CCN(C(=O)CC4CCCCC4)c4ccccc4)CC3)c2c1. The Labute approximate surface area is 208 Å². The fraction of sp³-hybridized carbons (Fsp3) is 0.467. The number of aromatic amines is 1. The number of carbonyl (C=O) groups excluding carboxylic acids is 1. The van der Waals surface area contributed by atoms with E-state index in [-0.39, 0.29) is 5.91 Å². The zero-order chi connectivity index (χ0) is 24.0. The molecule has 1 N–H and O–H groups in total. The van der Waals surface area contributed by atoms with Crippen molar-refractivity contribution in [2.45, 2.75) is 57.3 Å². The van der Waals surface area contributed by atoms with Gasteiger partial charge in [-0.05, 0) is 86.5 Å². The molecule has 1 aromatic heterocycles. The van der Waals surface area contributed by atoms with E-state index in [1.807, 2.05) is 41.3 Å². The summed E-state index contributed by atoms with van der Waals surface area (Å²) in [4.78, 5) is 21.3. The van der Waals surface area contributed by atoms with Crippen LogP contribution in [-0.4, -0.2) is 42.0 Å². The summed E-state index contributed by atoms with van der Waals surface area (Å²) in [5, 5.41) is 10.5. The van der Waals surface area contributed by atoms with Gasteiger partial charge in [-0.3, -0.25) is 4.79 Å². The van der Waals surface area contributed by atoms with Gasteiger partial charge < -0.3 is 14.8 Å². The molecule has 1 saturated heterocycles. The largest absolute Gasteiger partial charge is 0.361 e. The molecule has 0 spiro atoms. The number of fused-ring (bicyclic) bond motifs is 1. The van der Waals surface area contributed by atoms with Gasteiger partial charge >= 0.3 is 0 Å². The number of rotatable bonds is 7. The predicted octanol–water partition coefficient (Wildman–Crippen LogP) is 6.22. The molecule has 5 rings (SSSR count). The first kappa shape index (κ1) is 23.6. The molecule has 0 bridgehead atoms. The summed E-state index contributed by atoms with van der Waals surface area (Å²) in [5.74, 6) is 1.34. The zero-order valence-corrected chi connectivity index (χ0v) is 20.6. The first-order valence-corrected chi connectivity index (χ1v) is 13.3. The van der Waals surface area contributed by atoms with Crippen LogP contribution in [0.25, 0.3) is 10.9 Å². The quantitative estimate of drug-likeness (QED) is 0.447. The first-order valence-electron chi connectivity index (χ1n) is 13.3. The number of para-hydroxylation sites is 1. The van der Waals surface area contributed by atoms with E-state index in [0.29, 0.717) is 18.3 Å². The Balaban J connectivity index is 1.20. The van der Waals surface area contributed by atoms with Gasteiger partial charge in [-0.15, -0.1) is 0 Å². The van der Waals surface area contributed by atoms with Gasteiger partial charge in [-0.25, -0.2) is 0 Å². The Morgan fingerprint density at radius 3 is 2.54 bits per heavy atom. The number of aromatic nitrogens is 1. The number of nitriles is 1. The maximum Gasteiger partial charge on any atom is 0.227 e. The Morgan fingerprint density at radius 1 is 1.03 bits per heavy atom. The first-order chi connectivity index (χ1) is 17.2. The molecule has 1 aliphatic heterocycles. The lowest BCUT2D eigenvalue weighted by Crippen LogP contribution is -2.42. The van der Waals surface area contributed by atoms with E-state index in [9.17, 15) is 10.1 Å². The second-order valence-electron chi connectivity index (χ2n) is 10.3. The third kappa shape index (κ3) is 5.60. The van der Waals surface area contributed by atoms with Crippen LogP contribution in [0.5, 0.6) is 0 Å². The Hall–Kier alpha value is -3.10. The summed E-state index contributed by atoms with van der Waals surface area (Å²) in [6.45, 7) is 3.73. The molecule has 182 valence electrons. The molecule has 0 radical (unpaired) electrons. The van der Waals surface area contributed by atoms with Crippen LogP contribution in [0.15, 0.2) is 54.7 Å². The van der Waals surface area contributed by atoms with Crippen molar-refractivity contribution >= 4 is 22.5 Å². The van der Waals surface area contributed by atoms with E-state index in [4.69, 9.17) is 0 Å². The van der Waals surface area contributed by atoms with Crippen LogP contribution < -0.4 is 4.90 Å². The molecule has 1 saturated carbocycles. The van der Waals surface area contributed by atoms with Gasteiger partial charge in [-0.1, -0.05) is 37.5 Å². The number of piperidine rings is 1. The summed E-state index contributed by atoms with van der Waals surface area (Å²) in [6, 6.07) is 18.4. The number of hydrogen-bond donors (Lipinski definition) is 1. The molecular weight excluding hydrogens is 432 g/mol. The highest BCUT2D eigenvalue weighted by Gasteiger charge is 2.25. The number of likely N-dealkylation sites (tertiary alicyclic amines) is 1. The maximum atomic E-state index is 13.3. The van der Waals surface area contributed by atoms with Crippen LogP contribution in [0.3, 0.4) is 0 Å². The topological polar surface area (TPSA) is 63.1 Å². The lowest BCUT2D eigenvalue weighted by molar-refractivity contribution is -0.119. The lowest BCUT2D eigenvalue weighted by atomic mass is 9.86. The molecule has 5 heteroatoms. The summed E-state index contributed by atoms with van der Waals surface area (Å²) in [7, 11) is 0. The molecule has 5 nitrogen and oxygen atoms in total. The summed E-state index contributed by atoms with van der Waals surface area (Å²) in [6.07, 6.45) is 11.3. The summed E-state index contributed by atoms with van der Waals surface area (Å²) >= 11 is 0. The van der Waals surface area contributed by atoms with Gasteiger partial charge in [0.25, 0.3) is 0 Å². The highest BCUT2D eigenvalue weighted by molar-refractivity contribution is 5.93. The minimum absolute atomic E-state index is 0.282. The standard InChI is InChI=1S/C30H36N4O/c31-21-24-11-12-29-27(19-24)28(22-32-29)25-13-15-33(16-14-25)17-18-34(26-9-5-2-6-10-26)30(35)20-23-7-3-1-4-8-23/h2,5-6,9-12,19,22-23,25,32H,1,3-4,7-8,13-18,20H2. The second-order valence-corrected chi connectivity index (χ2v) is 10.3. The number of amides is 1. The van der Waals surface area contributed by atoms with E-state index >= 15 is 0 Å². The smallest absolute Gasteiger partial charge is 0.227 e. The predicted molar refractivity (Wildman–Crippen MR) is 141 cm³/mol. The van der Waals surface area contributed by atoms with Crippen molar-refractivity contribution in [1.82, 2.24) is 9.88 Å². The van der Waals surface area contributed by atoms with Crippen molar-refractivity contribution in [2.75, 3.05) is 31.1 Å². The molecule has 2 heterocycles. The molecule has 2 aromatic carbocycles. The summed E-state index contributed by atoms with van der Waals surface area (Å²) in [5.41, 5.74) is 4.19. The van der Waals surface area contributed by atoms with Gasteiger partial charge in [0.15, 0.2) is 0 Å².